The molecular formula is C18H21NO2S. The highest BCUT2D eigenvalue weighted by atomic mass is 32.2. The van der Waals surface area contributed by atoms with Crippen molar-refractivity contribution in [1.29, 1.82) is 0 Å². The lowest BCUT2D eigenvalue weighted by molar-refractivity contribution is -0.118. The number of rotatable bonds is 6. The fourth-order valence-corrected chi connectivity index (χ4v) is 3.04. The molecule has 1 amide bonds. The van der Waals surface area contributed by atoms with Crippen molar-refractivity contribution in [2.75, 3.05) is 12.9 Å². The van der Waals surface area contributed by atoms with Gasteiger partial charge in [-0.3, -0.25) is 4.79 Å². The van der Waals surface area contributed by atoms with Gasteiger partial charge in [-0.15, -0.1) is 11.8 Å². The second-order valence-corrected chi connectivity index (χ2v) is 6.16. The topological polar surface area (TPSA) is 38.3 Å². The van der Waals surface area contributed by atoms with Crippen molar-refractivity contribution in [3.8, 4) is 5.75 Å². The van der Waals surface area contributed by atoms with Crippen LogP contribution in [0.4, 0.5) is 0 Å². The summed E-state index contributed by atoms with van der Waals surface area (Å²) >= 11 is 1.57. The van der Waals surface area contributed by atoms with Crippen LogP contribution < -0.4 is 10.1 Å². The van der Waals surface area contributed by atoms with Crippen LogP contribution in [0.3, 0.4) is 0 Å². The summed E-state index contributed by atoms with van der Waals surface area (Å²) in [6.07, 6.45) is 0. The zero-order valence-corrected chi connectivity index (χ0v) is 14.0. The van der Waals surface area contributed by atoms with Gasteiger partial charge in [-0.25, -0.2) is 0 Å². The lowest BCUT2D eigenvalue weighted by Gasteiger charge is -2.10. The van der Waals surface area contributed by atoms with E-state index < -0.39 is 0 Å². The van der Waals surface area contributed by atoms with Crippen molar-refractivity contribution in [2.24, 2.45) is 0 Å². The maximum absolute atomic E-state index is 12.0. The quantitative estimate of drug-likeness (QED) is 0.826. The van der Waals surface area contributed by atoms with Crippen LogP contribution in [0, 0.1) is 13.8 Å². The molecule has 0 saturated carbocycles. The number of carbonyl (C=O) groups is 1. The molecule has 0 bridgehead atoms. The van der Waals surface area contributed by atoms with Crippen molar-refractivity contribution >= 4 is 17.7 Å². The largest absolute Gasteiger partial charge is 0.496 e. The Hall–Kier alpha value is -1.94. The summed E-state index contributed by atoms with van der Waals surface area (Å²) in [5, 5.41) is 2.93. The molecule has 3 nitrogen and oxygen atoms in total. The average molecular weight is 315 g/mol. The SMILES string of the molecule is COc1ccccc1CNC(=O)CSc1ccc(C)cc1C. The molecule has 4 heteroatoms. The van der Waals surface area contributed by atoms with Crippen molar-refractivity contribution in [3.63, 3.8) is 0 Å². The first-order valence-corrected chi connectivity index (χ1v) is 8.17. The summed E-state index contributed by atoms with van der Waals surface area (Å²) in [7, 11) is 1.64. The van der Waals surface area contributed by atoms with Crippen LogP contribution in [0.25, 0.3) is 0 Å². The second-order valence-electron chi connectivity index (χ2n) is 5.15. The molecule has 0 heterocycles. The van der Waals surface area contributed by atoms with Gasteiger partial charge in [0.25, 0.3) is 0 Å². The zero-order chi connectivity index (χ0) is 15.9. The fourth-order valence-electron chi connectivity index (χ4n) is 2.20. The van der Waals surface area contributed by atoms with E-state index in [4.69, 9.17) is 4.74 Å². The van der Waals surface area contributed by atoms with E-state index in [2.05, 4.69) is 37.4 Å². The predicted octanol–water partition coefficient (Wildman–Crippen LogP) is 3.72. The molecule has 0 atom stereocenters. The number of ether oxygens (including phenoxy) is 1. The van der Waals surface area contributed by atoms with E-state index in [0.29, 0.717) is 12.3 Å². The van der Waals surface area contributed by atoms with Crippen LogP contribution in [0.2, 0.25) is 0 Å². The number of para-hydroxylation sites is 1. The number of nitrogens with one attached hydrogen (secondary N) is 1. The maximum atomic E-state index is 12.0. The van der Waals surface area contributed by atoms with E-state index in [-0.39, 0.29) is 5.91 Å². The van der Waals surface area contributed by atoms with Crippen LogP contribution in [0.1, 0.15) is 16.7 Å². The van der Waals surface area contributed by atoms with Gasteiger partial charge in [-0.05, 0) is 31.5 Å². The normalized spacial score (nSPS) is 10.3. The van der Waals surface area contributed by atoms with Crippen LogP contribution >= 0.6 is 11.8 Å². The van der Waals surface area contributed by atoms with Crippen LogP contribution in [-0.4, -0.2) is 18.8 Å². The lowest BCUT2D eigenvalue weighted by Crippen LogP contribution is -2.24. The summed E-state index contributed by atoms with van der Waals surface area (Å²) in [6, 6.07) is 14.0. The fraction of sp³-hybridized carbons (Fsp3) is 0.278. The minimum Gasteiger partial charge on any atom is -0.496 e. The molecule has 2 rings (SSSR count). The Morgan fingerprint density at radius 2 is 1.95 bits per heavy atom. The predicted molar refractivity (Wildman–Crippen MR) is 91.5 cm³/mol. The standard InChI is InChI=1S/C18H21NO2S/c1-13-8-9-17(14(2)10-13)22-12-18(20)19-11-15-6-4-5-7-16(15)21-3/h4-10H,11-12H2,1-3H3,(H,19,20). The molecule has 0 aliphatic heterocycles. The smallest absolute Gasteiger partial charge is 0.230 e. The molecule has 0 saturated heterocycles. The average Bonchev–Trinajstić information content (AvgIpc) is 2.52. The molecule has 2 aromatic rings. The Bertz CT molecular complexity index is 655. The summed E-state index contributed by atoms with van der Waals surface area (Å²) < 4.78 is 5.28. The Morgan fingerprint density at radius 3 is 2.68 bits per heavy atom. The van der Waals surface area contributed by atoms with Gasteiger partial charge in [0, 0.05) is 17.0 Å². The first kappa shape index (κ1) is 16.4. The third-order valence-corrected chi connectivity index (χ3v) is 4.53. The number of benzene rings is 2. The van der Waals surface area contributed by atoms with Crippen LogP contribution in [0.5, 0.6) is 5.75 Å². The summed E-state index contributed by atoms with van der Waals surface area (Å²) in [5.74, 6) is 1.24. The van der Waals surface area contributed by atoms with Crippen molar-refractivity contribution in [1.82, 2.24) is 5.32 Å². The zero-order valence-electron chi connectivity index (χ0n) is 13.2. The first-order chi connectivity index (χ1) is 10.6. The molecule has 116 valence electrons. The van der Waals surface area contributed by atoms with Gasteiger partial charge in [0.15, 0.2) is 0 Å². The van der Waals surface area contributed by atoms with E-state index in [1.54, 1.807) is 18.9 Å². The van der Waals surface area contributed by atoms with E-state index in [1.807, 2.05) is 24.3 Å². The Kier molecular flexibility index (Phi) is 5.90. The van der Waals surface area contributed by atoms with Gasteiger partial charge in [-0.1, -0.05) is 35.9 Å². The molecule has 0 aliphatic carbocycles. The van der Waals surface area contributed by atoms with Gasteiger partial charge in [0.1, 0.15) is 5.75 Å². The summed E-state index contributed by atoms with van der Waals surface area (Å²) in [5.41, 5.74) is 3.43. The van der Waals surface area contributed by atoms with Gasteiger partial charge >= 0.3 is 0 Å². The Balaban J connectivity index is 1.85. The maximum Gasteiger partial charge on any atom is 0.230 e. The monoisotopic (exact) mass is 315 g/mol. The number of thioether (sulfide) groups is 1. The minimum absolute atomic E-state index is 0.0240. The highest BCUT2D eigenvalue weighted by Gasteiger charge is 2.07. The molecule has 1 N–H and O–H groups in total. The van der Waals surface area contributed by atoms with Gasteiger partial charge in [0.05, 0.1) is 12.9 Å². The number of hydrogen-bond donors (Lipinski definition) is 1. The second kappa shape index (κ2) is 7.90. The van der Waals surface area contributed by atoms with E-state index >= 15 is 0 Å². The van der Waals surface area contributed by atoms with Crippen LogP contribution in [0.15, 0.2) is 47.4 Å². The van der Waals surface area contributed by atoms with E-state index in [9.17, 15) is 4.79 Å². The van der Waals surface area contributed by atoms with E-state index in [1.165, 1.54) is 11.1 Å². The van der Waals surface area contributed by atoms with Crippen molar-refractivity contribution in [2.45, 2.75) is 25.3 Å². The molecule has 0 aromatic heterocycles. The number of hydrogen-bond acceptors (Lipinski definition) is 3. The molecule has 0 spiro atoms. The summed E-state index contributed by atoms with van der Waals surface area (Å²) in [6.45, 7) is 4.62. The first-order valence-electron chi connectivity index (χ1n) is 7.19. The summed E-state index contributed by atoms with van der Waals surface area (Å²) in [4.78, 5) is 13.1. The molecule has 0 fully saturated rings. The number of aryl methyl sites for hydroxylation is 2. The molecule has 0 unspecified atom stereocenters. The number of methoxy groups -OCH3 is 1. The highest BCUT2D eigenvalue weighted by molar-refractivity contribution is 8.00. The molecule has 0 aliphatic rings. The third-order valence-electron chi connectivity index (χ3n) is 3.36. The van der Waals surface area contributed by atoms with E-state index in [0.717, 1.165) is 16.2 Å². The molecular weight excluding hydrogens is 294 g/mol. The van der Waals surface area contributed by atoms with Gasteiger partial charge < -0.3 is 10.1 Å². The highest BCUT2D eigenvalue weighted by Crippen LogP contribution is 2.23. The third kappa shape index (κ3) is 4.53. The Labute approximate surface area is 136 Å². The molecule has 22 heavy (non-hydrogen) atoms. The van der Waals surface area contributed by atoms with Gasteiger partial charge in [0.2, 0.25) is 5.91 Å². The van der Waals surface area contributed by atoms with Crippen molar-refractivity contribution < 1.29 is 9.53 Å². The van der Waals surface area contributed by atoms with Crippen molar-refractivity contribution in [3.05, 3.63) is 59.2 Å². The molecule has 0 radical (unpaired) electrons. The molecule has 2 aromatic carbocycles. The number of carbonyl (C=O) groups excluding carboxylic acids is 1. The minimum atomic E-state index is 0.0240. The van der Waals surface area contributed by atoms with Crippen LogP contribution in [-0.2, 0) is 11.3 Å². The lowest BCUT2D eigenvalue weighted by atomic mass is 10.2. The Morgan fingerprint density at radius 1 is 1.18 bits per heavy atom. The number of amides is 1. The van der Waals surface area contributed by atoms with Gasteiger partial charge in [-0.2, -0.15) is 0 Å².